The number of hydrogen-bond acceptors (Lipinski definition) is 4. The molecule has 0 bridgehead atoms. The smallest absolute Gasteiger partial charge is 0.226 e. The summed E-state index contributed by atoms with van der Waals surface area (Å²) < 4.78 is 0. The lowest BCUT2D eigenvalue weighted by Crippen LogP contribution is -2.24. The highest BCUT2D eigenvalue weighted by atomic mass is 32.1. The van der Waals surface area contributed by atoms with Crippen LogP contribution in [0.4, 0.5) is 5.13 Å². The zero-order chi connectivity index (χ0) is 16.0. The topological polar surface area (TPSA) is 54.0 Å². The highest BCUT2D eigenvalue weighted by Crippen LogP contribution is 2.28. The lowest BCUT2D eigenvalue weighted by atomic mass is 9.80. The molecule has 0 aliphatic rings. The molecule has 2 unspecified atom stereocenters. The summed E-state index contributed by atoms with van der Waals surface area (Å²) in [4.78, 5) is 16.6. The zero-order valence-corrected chi connectivity index (χ0v) is 14.9. The van der Waals surface area contributed by atoms with Gasteiger partial charge in [-0.25, -0.2) is 4.98 Å². The van der Waals surface area contributed by atoms with Crippen molar-refractivity contribution in [2.45, 2.75) is 60.4 Å². The van der Waals surface area contributed by atoms with Gasteiger partial charge in [-0.15, -0.1) is 11.3 Å². The number of rotatable bonds is 7. The van der Waals surface area contributed by atoms with Crippen LogP contribution in [0.1, 0.15) is 66.1 Å². The number of amides is 1. The van der Waals surface area contributed by atoms with E-state index in [1.165, 1.54) is 11.3 Å². The number of thiazole rings is 1. The maximum Gasteiger partial charge on any atom is 0.226 e. The van der Waals surface area contributed by atoms with Crippen LogP contribution in [0.5, 0.6) is 0 Å². The van der Waals surface area contributed by atoms with Crippen molar-refractivity contribution in [2.24, 2.45) is 11.3 Å². The first kappa shape index (κ1) is 18.1. The molecule has 1 amide bonds. The number of nitrogens with one attached hydrogen (secondary N) is 2. The van der Waals surface area contributed by atoms with Crippen LogP contribution in [0, 0.1) is 11.3 Å². The molecule has 1 aromatic heterocycles. The third kappa shape index (κ3) is 6.14. The molecule has 4 nitrogen and oxygen atoms in total. The molecule has 21 heavy (non-hydrogen) atoms. The van der Waals surface area contributed by atoms with E-state index in [9.17, 15) is 4.79 Å². The average Bonchev–Trinajstić information content (AvgIpc) is 2.83. The van der Waals surface area contributed by atoms with Gasteiger partial charge in [0.25, 0.3) is 0 Å². The average molecular weight is 311 g/mol. The number of anilines is 1. The summed E-state index contributed by atoms with van der Waals surface area (Å²) >= 11 is 1.49. The monoisotopic (exact) mass is 311 g/mol. The first-order valence-electron chi connectivity index (χ1n) is 7.72. The van der Waals surface area contributed by atoms with Crippen molar-refractivity contribution in [1.29, 1.82) is 0 Å². The van der Waals surface area contributed by atoms with Gasteiger partial charge in [-0.2, -0.15) is 0 Å². The van der Waals surface area contributed by atoms with Gasteiger partial charge in [0.2, 0.25) is 5.91 Å². The van der Waals surface area contributed by atoms with Gasteiger partial charge in [0, 0.05) is 17.8 Å². The fourth-order valence-corrected chi connectivity index (χ4v) is 2.58. The molecule has 0 spiro atoms. The molecule has 1 heterocycles. The van der Waals surface area contributed by atoms with Crippen molar-refractivity contribution < 1.29 is 4.79 Å². The molecule has 0 saturated carbocycles. The van der Waals surface area contributed by atoms with E-state index in [4.69, 9.17) is 0 Å². The predicted octanol–water partition coefficient (Wildman–Crippen LogP) is 4.21. The molecule has 0 aliphatic carbocycles. The largest absolute Gasteiger partial charge is 0.309 e. The van der Waals surface area contributed by atoms with E-state index >= 15 is 0 Å². The summed E-state index contributed by atoms with van der Waals surface area (Å²) in [5.74, 6) is 0.384. The summed E-state index contributed by atoms with van der Waals surface area (Å²) in [5.41, 5.74) is 1.14. The number of carbonyl (C=O) groups is 1. The molecular weight excluding hydrogens is 282 g/mol. The Balaban J connectivity index is 2.52. The number of nitrogens with zero attached hydrogens (tertiary/aromatic N) is 1. The lowest BCUT2D eigenvalue weighted by molar-refractivity contribution is -0.117. The molecule has 5 heteroatoms. The summed E-state index contributed by atoms with van der Waals surface area (Å²) in [6.07, 6.45) is 1.63. The van der Waals surface area contributed by atoms with Crippen LogP contribution in [-0.4, -0.2) is 17.4 Å². The fourth-order valence-electron chi connectivity index (χ4n) is 1.76. The second kappa shape index (κ2) is 7.90. The van der Waals surface area contributed by atoms with Gasteiger partial charge in [-0.05, 0) is 31.2 Å². The van der Waals surface area contributed by atoms with E-state index in [2.05, 4.69) is 57.2 Å². The lowest BCUT2D eigenvalue weighted by Gasteiger charge is -2.26. The van der Waals surface area contributed by atoms with Crippen molar-refractivity contribution in [3.05, 3.63) is 11.1 Å². The van der Waals surface area contributed by atoms with Crippen molar-refractivity contribution in [3.63, 3.8) is 0 Å². The Bertz CT molecular complexity index is 451. The van der Waals surface area contributed by atoms with Crippen LogP contribution in [-0.2, 0) is 4.79 Å². The Labute approximate surface area is 132 Å². The van der Waals surface area contributed by atoms with E-state index in [1.54, 1.807) is 0 Å². The van der Waals surface area contributed by atoms with Crippen molar-refractivity contribution in [1.82, 2.24) is 10.3 Å². The molecular formula is C16H29N3OS. The van der Waals surface area contributed by atoms with Crippen molar-refractivity contribution in [2.75, 3.05) is 11.9 Å². The molecule has 1 rings (SSSR count). The number of carbonyl (C=O) groups excluding carboxylic acids is 1. The predicted molar refractivity (Wildman–Crippen MR) is 90.7 cm³/mol. The highest BCUT2D eigenvalue weighted by molar-refractivity contribution is 7.13. The van der Waals surface area contributed by atoms with Gasteiger partial charge >= 0.3 is 0 Å². The minimum atomic E-state index is 0.0486. The third-order valence-corrected chi connectivity index (χ3v) is 4.66. The van der Waals surface area contributed by atoms with Gasteiger partial charge in [-0.1, -0.05) is 34.6 Å². The van der Waals surface area contributed by atoms with Gasteiger partial charge < -0.3 is 10.6 Å². The van der Waals surface area contributed by atoms with Gasteiger partial charge in [0.05, 0.1) is 5.69 Å². The van der Waals surface area contributed by atoms with Crippen LogP contribution in [0.15, 0.2) is 5.38 Å². The maximum absolute atomic E-state index is 12.1. The Morgan fingerprint density at radius 2 is 2.05 bits per heavy atom. The standard InChI is InChI=1S/C16H29N3OS/c1-7-8-17-12(3)13-10-21-15(18-13)19-14(20)9-11(2)16(4,5)6/h10-12,17H,7-9H2,1-6H3,(H,18,19,20). The van der Waals surface area contributed by atoms with Crippen LogP contribution in [0.25, 0.3) is 0 Å². The molecule has 0 saturated heterocycles. The summed E-state index contributed by atoms with van der Waals surface area (Å²) in [7, 11) is 0. The third-order valence-electron chi connectivity index (χ3n) is 3.88. The molecule has 1 aromatic rings. The van der Waals surface area contributed by atoms with E-state index in [0.717, 1.165) is 18.7 Å². The summed E-state index contributed by atoms with van der Waals surface area (Å²) in [5, 5.41) is 9.02. The van der Waals surface area contributed by atoms with Crippen LogP contribution < -0.4 is 10.6 Å². The van der Waals surface area contributed by atoms with Gasteiger partial charge in [-0.3, -0.25) is 4.79 Å². The first-order valence-corrected chi connectivity index (χ1v) is 8.60. The normalized spacial score (nSPS) is 14.8. The number of aromatic nitrogens is 1. The molecule has 0 fully saturated rings. The highest BCUT2D eigenvalue weighted by Gasteiger charge is 2.23. The minimum absolute atomic E-state index is 0.0486. The van der Waals surface area contributed by atoms with E-state index < -0.39 is 0 Å². The van der Waals surface area contributed by atoms with Gasteiger partial charge in [0.15, 0.2) is 5.13 Å². The molecule has 2 N–H and O–H groups in total. The summed E-state index contributed by atoms with van der Waals surface area (Å²) in [6, 6.07) is 0.223. The van der Waals surface area contributed by atoms with E-state index in [-0.39, 0.29) is 17.4 Å². The molecule has 0 aromatic carbocycles. The second-order valence-corrected chi connectivity index (χ2v) is 7.63. The SMILES string of the molecule is CCCNC(C)c1csc(NC(=O)CC(C)C(C)(C)C)n1. The van der Waals surface area contributed by atoms with Crippen LogP contribution >= 0.6 is 11.3 Å². The Hall–Kier alpha value is -0.940. The summed E-state index contributed by atoms with van der Waals surface area (Å²) in [6.45, 7) is 13.8. The molecule has 0 aliphatic heterocycles. The quantitative estimate of drug-likeness (QED) is 0.793. The maximum atomic E-state index is 12.1. The van der Waals surface area contributed by atoms with E-state index in [1.807, 2.05) is 5.38 Å². The molecule has 0 radical (unpaired) electrons. The van der Waals surface area contributed by atoms with Crippen molar-refractivity contribution in [3.8, 4) is 0 Å². The van der Waals surface area contributed by atoms with Crippen LogP contribution in [0.3, 0.4) is 0 Å². The Morgan fingerprint density at radius 3 is 2.62 bits per heavy atom. The Morgan fingerprint density at radius 1 is 1.38 bits per heavy atom. The van der Waals surface area contributed by atoms with E-state index in [0.29, 0.717) is 17.5 Å². The van der Waals surface area contributed by atoms with Crippen LogP contribution in [0.2, 0.25) is 0 Å². The second-order valence-electron chi connectivity index (χ2n) is 6.77. The molecule has 2 atom stereocenters. The fraction of sp³-hybridized carbons (Fsp3) is 0.750. The zero-order valence-electron chi connectivity index (χ0n) is 14.1. The molecule has 120 valence electrons. The van der Waals surface area contributed by atoms with Crippen molar-refractivity contribution >= 4 is 22.4 Å². The Kier molecular flexibility index (Phi) is 6.81. The number of hydrogen-bond donors (Lipinski definition) is 2. The van der Waals surface area contributed by atoms with Gasteiger partial charge in [0.1, 0.15) is 0 Å². The minimum Gasteiger partial charge on any atom is -0.309 e. The first-order chi connectivity index (χ1) is 9.74.